The van der Waals surface area contributed by atoms with E-state index in [1.54, 1.807) is 38.3 Å². The summed E-state index contributed by atoms with van der Waals surface area (Å²) in [7, 11) is 1.55. The van der Waals surface area contributed by atoms with Gasteiger partial charge in [0.2, 0.25) is 0 Å². The number of hydrazine groups is 1. The zero-order chi connectivity index (χ0) is 22.6. The Morgan fingerprint density at radius 1 is 1.13 bits per heavy atom. The number of carbonyl (C=O) groups is 3. The van der Waals surface area contributed by atoms with E-state index in [1.165, 1.54) is 0 Å². The third-order valence-electron chi connectivity index (χ3n) is 5.40. The van der Waals surface area contributed by atoms with E-state index in [-0.39, 0.29) is 12.6 Å². The summed E-state index contributed by atoms with van der Waals surface area (Å²) in [5.74, 6) is -0.344. The monoisotopic (exact) mass is 424 g/mol. The van der Waals surface area contributed by atoms with Crippen molar-refractivity contribution < 1.29 is 19.1 Å². The van der Waals surface area contributed by atoms with Crippen molar-refractivity contribution in [2.24, 2.45) is 0 Å². The van der Waals surface area contributed by atoms with Crippen molar-refractivity contribution in [1.29, 1.82) is 0 Å². The largest absolute Gasteiger partial charge is 0.497 e. The van der Waals surface area contributed by atoms with E-state index in [9.17, 15) is 14.4 Å². The summed E-state index contributed by atoms with van der Waals surface area (Å²) in [6.07, 6.45) is 0. The molecule has 3 rings (SSSR count). The minimum atomic E-state index is -1.28. The molecule has 0 spiro atoms. The van der Waals surface area contributed by atoms with Gasteiger partial charge in [0.25, 0.3) is 11.8 Å². The topological polar surface area (TPSA) is 91.0 Å². The average Bonchev–Trinajstić information content (AvgIpc) is 2.98. The molecule has 0 bridgehead atoms. The lowest BCUT2D eigenvalue weighted by Crippen LogP contribution is -2.51. The molecule has 0 aromatic heterocycles. The van der Waals surface area contributed by atoms with Crippen LogP contribution in [0, 0.1) is 0 Å². The van der Waals surface area contributed by atoms with E-state index < -0.39 is 23.4 Å². The predicted octanol–water partition coefficient (Wildman–Crippen LogP) is 2.40. The van der Waals surface area contributed by atoms with Crippen molar-refractivity contribution in [3.63, 3.8) is 0 Å². The third kappa shape index (κ3) is 4.86. The highest BCUT2D eigenvalue weighted by Crippen LogP contribution is 2.29. The molecule has 1 aliphatic heterocycles. The molecule has 1 atom stereocenters. The van der Waals surface area contributed by atoms with Gasteiger partial charge < -0.3 is 10.1 Å². The quantitative estimate of drug-likeness (QED) is 0.635. The van der Waals surface area contributed by atoms with Gasteiger partial charge in [0.15, 0.2) is 0 Å². The van der Waals surface area contributed by atoms with Gasteiger partial charge in [-0.2, -0.15) is 5.01 Å². The molecule has 2 aromatic carbocycles. The Morgan fingerprint density at radius 3 is 2.35 bits per heavy atom. The molecule has 0 radical (unpaired) electrons. The van der Waals surface area contributed by atoms with Crippen LogP contribution in [0.4, 0.5) is 4.79 Å². The highest BCUT2D eigenvalue weighted by atomic mass is 16.5. The molecule has 8 heteroatoms. The zero-order valence-electron chi connectivity index (χ0n) is 18.2. The Labute approximate surface area is 182 Å². The molecule has 0 saturated carbocycles. The van der Waals surface area contributed by atoms with Crippen molar-refractivity contribution in [2.75, 3.05) is 13.7 Å². The summed E-state index contributed by atoms with van der Waals surface area (Å²) in [5, 5.41) is 3.43. The van der Waals surface area contributed by atoms with Gasteiger partial charge in [0, 0.05) is 12.6 Å². The molecule has 164 valence electrons. The van der Waals surface area contributed by atoms with Crippen molar-refractivity contribution >= 4 is 17.8 Å². The second kappa shape index (κ2) is 9.18. The second-order valence-electron chi connectivity index (χ2n) is 7.94. The van der Waals surface area contributed by atoms with Crippen LogP contribution in [0.1, 0.15) is 31.9 Å². The van der Waals surface area contributed by atoms with Gasteiger partial charge in [-0.05, 0) is 44.0 Å². The van der Waals surface area contributed by atoms with E-state index in [0.29, 0.717) is 17.9 Å². The molecule has 31 heavy (non-hydrogen) atoms. The lowest BCUT2D eigenvalue weighted by atomic mass is 9.92. The maximum absolute atomic E-state index is 13.0. The van der Waals surface area contributed by atoms with E-state index >= 15 is 0 Å². The molecule has 1 saturated heterocycles. The van der Waals surface area contributed by atoms with Crippen molar-refractivity contribution in [2.45, 2.75) is 38.9 Å². The SMILES string of the molecule is COc1ccc(C2(C)NC(=O)N(NC(=O)CN(Cc3ccccc3)C(C)C)C2=O)cc1. The molecule has 1 unspecified atom stereocenters. The van der Waals surface area contributed by atoms with Crippen LogP contribution in [0.2, 0.25) is 0 Å². The number of benzene rings is 2. The number of ether oxygens (including phenoxy) is 1. The maximum Gasteiger partial charge on any atom is 0.344 e. The first-order chi connectivity index (χ1) is 14.7. The number of nitrogens with one attached hydrogen (secondary N) is 2. The van der Waals surface area contributed by atoms with E-state index in [0.717, 1.165) is 10.6 Å². The van der Waals surface area contributed by atoms with Gasteiger partial charge in [-0.25, -0.2) is 4.79 Å². The molecule has 1 aliphatic rings. The first-order valence-electron chi connectivity index (χ1n) is 10.1. The molecule has 8 nitrogen and oxygen atoms in total. The first kappa shape index (κ1) is 22.3. The Balaban J connectivity index is 1.68. The number of amides is 4. The number of imide groups is 1. The maximum atomic E-state index is 13.0. The zero-order valence-corrected chi connectivity index (χ0v) is 18.2. The molecular weight excluding hydrogens is 396 g/mol. The summed E-state index contributed by atoms with van der Waals surface area (Å²) < 4.78 is 5.14. The fraction of sp³-hybridized carbons (Fsp3) is 0.348. The molecule has 1 heterocycles. The average molecular weight is 425 g/mol. The fourth-order valence-corrected chi connectivity index (χ4v) is 3.44. The first-order valence-corrected chi connectivity index (χ1v) is 10.1. The van der Waals surface area contributed by atoms with Gasteiger partial charge in [-0.1, -0.05) is 42.5 Å². The Bertz CT molecular complexity index is 946. The summed E-state index contributed by atoms with van der Waals surface area (Å²) >= 11 is 0. The van der Waals surface area contributed by atoms with Crippen molar-refractivity contribution in [1.82, 2.24) is 20.7 Å². The van der Waals surface area contributed by atoms with Crippen LogP contribution in [-0.2, 0) is 21.7 Å². The molecular formula is C23H28N4O4. The van der Waals surface area contributed by atoms with Crippen LogP contribution in [-0.4, -0.2) is 47.5 Å². The number of rotatable bonds is 8. The lowest BCUT2D eigenvalue weighted by molar-refractivity contribution is -0.139. The van der Waals surface area contributed by atoms with E-state index in [4.69, 9.17) is 4.74 Å². The van der Waals surface area contributed by atoms with Crippen LogP contribution in [0.3, 0.4) is 0 Å². The van der Waals surface area contributed by atoms with Crippen molar-refractivity contribution in [3.8, 4) is 5.75 Å². The Kier molecular flexibility index (Phi) is 6.60. The van der Waals surface area contributed by atoms with Gasteiger partial charge in [-0.3, -0.25) is 19.9 Å². The van der Waals surface area contributed by atoms with Gasteiger partial charge in [-0.15, -0.1) is 0 Å². The number of hydrogen-bond donors (Lipinski definition) is 2. The summed E-state index contributed by atoms with van der Waals surface area (Å²) in [4.78, 5) is 40.2. The smallest absolute Gasteiger partial charge is 0.344 e. The summed E-state index contributed by atoms with van der Waals surface area (Å²) in [6, 6.07) is 16.1. The number of carbonyl (C=O) groups excluding carboxylic acids is 3. The highest BCUT2D eigenvalue weighted by Gasteiger charge is 2.50. The third-order valence-corrected chi connectivity index (χ3v) is 5.40. The number of nitrogens with zero attached hydrogens (tertiary/aromatic N) is 2. The Morgan fingerprint density at radius 2 is 1.77 bits per heavy atom. The number of urea groups is 1. The molecule has 0 aliphatic carbocycles. The van der Waals surface area contributed by atoms with Crippen LogP contribution >= 0.6 is 0 Å². The highest BCUT2D eigenvalue weighted by molar-refractivity contribution is 6.08. The summed E-state index contributed by atoms with van der Waals surface area (Å²) in [6.45, 7) is 6.21. The fourth-order valence-electron chi connectivity index (χ4n) is 3.44. The van der Waals surface area contributed by atoms with E-state index in [1.807, 2.05) is 49.1 Å². The second-order valence-corrected chi connectivity index (χ2v) is 7.94. The van der Waals surface area contributed by atoms with Gasteiger partial charge in [0.05, 0.1) is 13.7 Å². The van der Waals surface area contributed by atoms with E-state index in [2.05, 4.69) is 10.7 Å². The van der Waals surface area contributed by atoms with Crippen molar-refractivity contribution in [3.05, 3.63) is 65.7 Å². The van der Waals surface area contributed by atoms with Gasteiger partial charge in [0.1, 0.15) is 11.3 Å². The summed E-state index contributed by atoms with van der Waals surface area (Å²) in [5.41, 5.74) is 2.85. The molecule has 2 N–H and O–H groups in total. The lowest BCUT2D eigenvalue weighted by Gasteiger charge is -2.27. The number of hydrogen-bond acceptors (Lipinski definition) is 5. The van der Waals surface area contributed by atoms with Crippen LogP contribution in [0.25, 0.3) is 0 Å². The standard InChI is InChI=1S/C23H28N4O4/c1-16(2)26(14-17-8-6-5-7-9-17)15-20(28)25-27-21(29)23(3,24-22(27)30)18-10-12-19(31-4)13-11-18/h5-13,16H,14-15H2,1-4H3,(H,24,30)(H,25,28). The minimum absolute atomic E-state index is 0.0445. The number of methoxy groups -OCH3 is 1. The normalized spacial score (nSPS) is 18.5. The van der Waals surface area contributed by atoms with Crippen LogP contribution in [0.5, 0.6) is 5.75 Å². The Hall–Kier alpha value is -3.39. The van der Waals surface area contributed by atoms with Gasteiger partial charge >= 0.3 is 6.03 Å². The molecule has 4 amide bonds. The minimum Gasteiger partial charge on any atom is -0.497 e. The predicted molar refractivity (Wildman–Crippen MR) is 116 cm³/mol. The van der Waals surface area contributed by atoms with Crippen LogP contribution in [0.15, 0.2) is 54.6 Å². The molecule has 2 aromatic rings. The molecule has 1 fully saturated rings. The van der Waals surface area contributed by atoms with Crippen LogP contribution < -0.4 is 15.5 Å².